The van der Waals surface area contributed by atoms with Gasteiger partial charge in [-0.15, -0.1) is 26.3 Å². The summed E-state index contributed by atoms with van der Waals surface area (Å²) in [4.78, 5) is 0. The largest absolute Gasteiger partial charge is 0.333 e. The van der Waals surface area contributed by atoms with Gasteiger partial charge in [-0.2, -0.15) is 0 Å². The van der Waals surface area contributed by atoms with E-state index in [0.717, 1.165) is 0 Å². The molecule has 0 aromatic rings. The molecule has 0 spiro atoms. The zero-order valence-corrected chi connectivity index (χ0v) is 14.5. The lowest BCUT2D eigenvalue weighted by Crippen LogP contribution is -2.04. The summed E-state index contributed by atoms with van der Waals surface area (Å²) in [5, 5.41) is 0. The van der Waals surface area contributed by atoms with Gasteiger partial charge in [0.25, 0.3) is 0 Å². The van der Waals surface area contributed by atoms with Gasteiger partial charge in [-0.05, 0) is 0 Å². The summed E-state index contributed by atoms with van der Waals surface area (Å²) in [7, 11) is -2.91. The summed E-state index contributed by atoms with van der Waals surface area (Å²) >= 11 is 0. The highest BCUT2D eigenvalue weighted by atomic mass is 31.2. The summed E-state index contributed by atoms with van der Waals surface area (Å²) in [6.07, 6.45) is 6.49. The molecule has 0 heterocycles. The summed E-state index contributed by atoms with van der Waals surface area (Å²) in [6.45, 7) is 16.3. The smallest absolute Gasteiger partial charge is 0.310 e. The van der Waals surface area contributed by atoms with Gasteiger partial charge in [0, 0.05) is 0 Å². The van der Waals surface area contributed by atoms with Crippen LogP contribution in [0.5, 0.6) is 0 Å². The first-order valence-corrected chi connectivity index (χ1v) is 8.78. The Kier molecular flexibility index (Phi) is 16.6. The maximum Gasteiger partial charge on any atom is 0.333 e. The van der Waals surface area contributed by atoms with Gasteiger partial charge >= 0.3 is 17.2 Å². The van der Waals surface area contributed by atoms with Crippen molar-refractivity contribution in [3.05, 3.63) is 50.6 Å². The number of rotatable bonds is 17. The Labute approximate surface area is 135 Å². The first-order valence-electron chi connectivity index (χ1n) is 6.59. The average molecular weight is 350 g/mol. The lowest BCUT2D eigenvalue weighted by Gasteiger charge is -2.17. The van der Waals surface area contributed by atoms with Crippen LogP contribution in [-0.4, -0.2) is 39.6 Å². The van der Waals surface area contributed by atoms with E-state index < -0.39 is 17.2 Å². The molecule has 6 nitrogen and oxygen atoms in total. The van der Waals surface area contributed by atoms with Crippen molar-refractivity contribution < 1.29 is 27.1 Å². The molecule has 0 rings (SSSR count). The minimum absolute atomic E-state index is 0.285. The Morgan fingerprint density at radius 1 is 0.500 bits per heavy atom. The summed E-state index contributed by atoms with van der Waals surface area (Å²) in [6, 6.07) is 0. The quantitative estimate of drug-likeness (QED) is 0.222. The van der Waals surface area contributed by atoms with Gasteiger partial charge in [0.05, 0.1) is 39.6 Å². The van der Waals surface area contributed by atoms with E-state index in [0.29, 0.717) is 26.4 Å². The van der Waals surface area contributed by atoms with Crippen molar-refractivity contribution in [3.63, 3.8) is 0 Å². The first-order chi connectivity index (χ1) is 10.8. The predicted molar refractivity (Wildman–Crippen MR) is 90.3 cm³/mol. The van der Waals surface area contributed by atoms with Crippen molar-refractivity contribution >= 4 is 17.2 Å². The van der Waals surface area contributed by atoms with E-state index in [2.05, 4.69) is 26.3 Å². The van der Waals surface area contributed by atoms with Crippen LogP contribution in [0.4, 0.5) is 0 Å². The Balaban J connectivity index is 3.97. The van der Waals surface area contributed by atoms with Crippen LogP contribution in [0.15, 0.2) is 50.6 Å². The molecule has 0 aliphatic heterocycles. The normalized spacial score (nSPS) is 10.8. The second-order valence-corrected chi connectivity index (χ2v) is 5.90. The van der Waals surface area contributed by atoms with Crippen molar-refractivity contribution in [3.8, 4) is 0 Å². The molecule has 0 aromatic heterocycles. The fraction of sp³-hybridized carbons (Fsp3) is 0.429. The zero-order valence-electron chi connectivity index (χ0n) is 12.7. The molecule has 0 unspecified atom stereocenters. The van der Waals surface area contributed by atoms with E-state index in [1.54, 1.807) is 24.3 Å². The number of hydrogen-bond donors (Lipinski definition) is 0. The van der Waals surface area contributed by atoms with E-state index in [-0.39, 0.29) is 13.2 Å². The van der Waals surface area contributed by atoms with Gasteiger partial charge in [-0.25, -0.2) is 0 Å². The van der Waals surface area contributed by atoms with Crippen LogP contribution < -0.4 is 0 Å². The van der Waals surface area contributed by atoms with Gasteiger partial charge in [-0.1, -0.05) is 24.3 Å². The molecule has 0 aliphatic rings. The highest BCUT2D eigenvalue weighted by molar-refractivity contribution is 7.42. The summed E-state index contributed by atoms with van der Waals surface area (Å²) in [5.74, 6) is 0. The SMILES string of the molecule is C=CCOP(OCC=C)OCCOP(OCC=C)OCC=C. The monoisotopic (exact) mass is 350 g/mol. The lowest BCUT2D eigenvalue weighted by atomic mass is 10.7. The standard InChI is InChI=1S/C14H24O6P2/c1-5-9-15-21(16-10-6-2)19-13-14-20-22(17-11-7-3)18-12-8-4/h5-8H,1-4,9-14H2. The maximum atomic E-state index is 5.46. The van der Waals surface area contributed by atoms with Crippen LogP contribution in [0, 0.1) is 0 Å². The predicted octanol–water partition coefficient (Wildman–Crippen LogP) is 4.28. The first kappa shape index (κ1) is 21.6. The van der Waals surface area contributed by atoms with Gasteiger partial charge in [-0.3, -0.25) is 0 Å². The van der Waals surface area contributed by atoms with Crippen LogP contribution in [0.2, 0.25) is 0 Å². The molecule has 0 saturated carbocycles. The third-order valence-corrected chi connectivity index (χ3v) is 3.89. The fourth-order valence-electron chi connectivity index (χ4n) is 0.901. The van der Waals surface area contributed by atoms with Crippen molar-refractivity contribution in [1.82, 2.24) is 0 Å². The molecule has 0 bridgehead atoms. The van der Waals surface area contributed by atoms with Crippen molar-refractivity contribution in [2.24, 2.45) is 0 Å². The van der Waals surface area contributed by atoms with E-state index in [9.17, 15) is 0 Å². The molecular weight excluding hydrogens is 326 g/mol. The Bertz CT molecular complexity index is 260. The minimum atomic E-state index is -1.45. The second kappa shape index (κ2) is 16.9. The molecule has 0 fully saturated rings. The third kappa shape index (κ3) is 13.3. The molecule has 0 N–H and O–H groups in total. The highest BCUT2D eigenvalue weighted by Crippen LogP contribution is 2.41. The Hall–Kier alpha value is -0.420. The van der Waals surface area contributed by atoms with Crippen molar-refractivity contribution in [2.45, 2.75) is 0 Å². The lowest BCUT2D eigenvalue weighted by molar-refractivity contribution is 0.131. The van der Waals surface area contributed by atoms with Crippen LogP contribution in [0.3, 0.4) is 0 Å². The topological polar surface area (TPSA) is 55.4 Å². The molecule has 22 heavy (non-hydrogen) atoms. The number of hydrogen-bond acceptors (Lipinski definition) is 6. The van der Waals surface area contributed by atoms with Crippen molar-refractivity contribution in [1.29, 1.82) is 0 Å². The van der Waals surface area contributed by atoms with Gasteiger partial charge < -0.3 is 27.1 Å². The van der Waals surface area contributed by atoms with E-state index >= 15 is 0 Å². The molecule has 0 aromatic carbocycles. The molecule has 0 saturated heterocycles. The molecule has 0 aliphatic carbocycles. The highest BCUT2D eigenvalue weighted by Gasteiger charge is 2.14. The average Bonchev–Trinajstić information content (AvgIpc) is 2.54. The van der Waals surface area contributed by atoms with Gasteiger partial charge in [0.15, 0.2) is 0 Å². The fourth-order valence-corrected chi connectivity index (χ4v) is 2.70. The van der Waals surface area contributed by atoms with E-state index in [1.807, 2.05) is 0 Å². The summed E-state index contributed by atoms with van der Waals surface area (Å²) < 4.78 is 32.3. The van der Waals surface area contributed by atoms with Crippen LogP contribution in [0.25, 0.3) is 0 Å². The summed E-state index contributed by atoms with van der Waals surface area (Å²) in [5.41, 5.74) is 0. The maximum absolute atomic E-state index is 5.46. The Morgan fingerprint density at radius 2 is 0.773 bits per heavy atom. The van der Waals surface area contributed by atoms with Gasteiger partial charge in [0.1, 0.15) is 0 Å². The van der Waals surface area contributed by atoms with Crippen LogP contribution >= 0.6 is 17.2 Å². The molecule has 0 amide bonds. The Morgan fingerprint density at radius 3 is 1.00 bits per heavy atom. The molecule has 0 atom stereocenters. The van der Waals surface area contributed by atoms with Gasteiger partial charge in [0.2, 0.25) is 0 Å². The van der Waals surface area contributed by atoms with Crippen LogP contribution in [0.1, 0.15) is 0 Å². The van der Waals surface area contributed by atoms with Crippen molar-refractivity contribution in [2.75, 3.05) is 39.6 Å². The zero-order chi connectivity index (χ0) is 16.5. The molecule has 8 heteroatoms. The molecule has 0 radical (unpaired) electrons. The third-order valence-electron chi connectivity index (χ3n) is 1.67. The van der Waals surface area contributed by atoms with Crippen LogP contribution in [-0.2, 0) is 27.1 Å². The minimum Gasteiger partial charge on any atom is -0.310 e. The molecular formula is C14H24O6P2. The van der Waals surface area contributed by atoms with E-state index in [4.69, 9.17) is 27.1 Å². The van der Waals surface area contributed by atoms with E-state index in [1.165, 1.54) is 0 Å². The molecule has 126 valence electrons. The second-order valence-electron chi connectivity index (χ2n) is 3.45.